The molecule has 10 heteroatoms. The molecular formula is C19H23N3O5S2. The van der Waals surface area contributed by atoms with Gasteiger partial charge in [-0.15, -0.1) is 11.3 Å². The number of nitrogens with two attached hydrogens (primary N) is 1. The first kappa shape index (κ1) is 21.3. The summed E-state index contributed by atoms with van der Waals surface area (Å²) in [6.07, 6.45) is 1.62. The van der Waals surface area contributed by atoms with Crippen LogP contribution in [-0.4, -0.2) is 44.2 Å². The monoisotopic (exact) mass is 437 g/mol. The molecule has 2 amide bonds. The maximum absolute atomic E-state index is 12.7. The second-order valence-electron chi connectivity index (χ2n) is 6.73. The Morgan fingerprint density at radius 1 is 1.28 bits per heavy atom. The van der Waals surface area contributed by atoms with Gasteiger partial charge in [0.05, 0.1) is 16.5 Å². The quantitative estimate of drug-likeness (QED) is 0.654. The highest BCUT2D eigenvalue weighted by Gasteiger charge is 2.28. The van der Waals surface area contributed by atoms with Gasteiger partial charge in [0.2, 0.25) is 10.0 Å². The predicted octanol–water partition coefficient (Wildman–Crippen LogP) is 1.89. The molecule has 1 unspecified atom stereocenters. The molecule has 1 aromatic heterocycles. The second-order valence-corrected chi connectivity index (χ2v) is 9.64. The van der Waals surface area contributed by atoms with Crippen LogP contribution in [0.15, 0.2) is 40.6 Å². The number of benzene rings is 1. The van der Waals surface area contributed by atoms with E-state index < -0.39 is 15.9 Å². The van der Waals surface area contributed by atoms with E-state index in [4.69, 9.17) is 10.5 Å². The van der Waals surface area contributed by atoms with E-state index in [9.17, 15) is 18.0 Å². The van der Waals surface area contributed by atoms with Crippen LogP contribution in [0.3, 0.4) is 0 Å². The summed E-state index contributed by atoms with van der Waals surface area (Å²) in [5, 5.41) is 4.72. The van der Waals surface area contributed by atoms with Gasteiger partial charge in [0.25, 0.3) is 11.8 Å². The van der Waals surface area contributed by atoms with Crippen molar-refractivity contribution in [3.8, 4) is 5.75 Å². The van der Waals surface area contributed by atoms with Gasteiger partial charge in [0, 0.05) is 18.0 Å². The van der Waals surface area contributed by atoms with Gasteiger partial charge in [-0.05, 0) is 49.4 Å². The summed E-state index contributed by atoms with van der Waals surface area (Å²) in [6.45, 7) is 2.44. The minimum atomic E-state index is -3.69. The zero-order valence-electron chi connectivity index (χ0n) is 16.0. The van der Waals surface area contributed by atoms with Gasteiger partial charge in [-0.25, -0.2) is 8.42 Å². The Hall–Kier alpha value is -2.43. The lowest BCUT2D eigenvalue weighted by atomic mass is 10.2. The van der Waals surface area contributed by atoms with Crippen LogP contribution in [0.4, 0.5) is 0 Å². The van der Waals surface area contributed by atoms with Crippen molar-refractivity contribution in [2.24, 2.45) is 5.73 Å². The molecule has 0 radical (unpaired) electrons. The standard InChI is InChI=1S/C19H23N3O5S2/c1-13(17-5-4-10-28-17)21-18(23)12-27-16-7-6-14(11-15(16)19(20)24)29(25,26)22-8-2-3-9-22/h4-7,10-11,13H,2-3,8-9,12H2,1H3,(H2,20,24)(H,21,23). The average molecular weight is 438 g/mol. The van der Waals surface area contributed by atoms with Crippen LogP contribution >= 0.6 is 11.3 Å². The number of sulfonamides is 1. The van der Waals surface area contributed by atoms with Gasteiger partial charge in [0.1, 0.15) is 5.75 Å². The first-order chi connectivity index (χ1) is 13.8. The van der Waals surface area contributed by atoms with E-state index in [2.05, 4.69) is 5.32 Å². The van der Waals surface area contributed by atoms with Gasteiger partial charge in [0.15, 0.2) is 6.61 Å². The van der Waals surface area contributed by atoms with Crippen LogP contribution in [-0.2, 0) is 14.8 Å². The molecule has 0 bridgehead atoms. The smallest absolute Gasteiger partial charge is 0.258 e. The van der Waals surface area contributed by atoms with Crippen molar-refractivity contribution in [3.05, 3.63) is 46.2 Å². The lowest BCUT2D eigenvalue weighted by molar-refractivity contribution is -0.123. The lowest BCUT2D eigenvalue weighted by Crippen LogP contribution is -2.31. The maximum atomic E-state index is 12.7. The maximum Gasteiger partial charge on any atom is 0.258 e. The van der Waals surface area contributed by atoms with Crippen molar-refractivity contribution in [3.63, 3.8) is 0 Å². The number of primary amides is 1. The number of amides is 2. The third kappa shape index (κ3) is 4.95. The molecule has 3 rings (SSSR count). The first-order valence-electron chi connectivity index (χ1n) is 9.18. The fourth-order valence-corrected chi connectivity index (χ4v) is 5.38. The van der Waals surface area contributed by atoms with Gasteiger partial charge >= 0.3 is 0 Å². The molecule has 1 fully saturated rings. The van der Waals surface area contributed by atoms with Gasteiger partial charge in [-0.2, -0.15) is 4.31 Å². The number of thiophene rings is 1. The summed E-state index contributed by atoms with van der Waals surface area (Å²) in [4.78, 5) is 25.0. The normalized spacial score (nSPS) is 15.8. The number of hydrogen-bond donors (Lipinski definition) is 2. The van der Waals surface area contributed by atoms with Crippen molar-refractivity contribution in [2.45, 2.75) is 30.7 Å². The molecule has 2 aromatic rings. The Morgan fingerprint density at radius 3 is 2.62 bits per heavy atom. The molecule has 1 saturated heterocycles. The first-order valence-corrected chi connectivity index (χ1v) is 11.5. The average Bonchev–Trinajstić information content (AvgIpc) is 3.40. The second kappa shape index (κ2) is 8.93. The minimum Gasteiger partial charge on any atom is -0.483 e. The lowest BCUT2D eigenvalue weighted by Gasteiger charge is -2.17. The van der Waals surface area contributed by atoms with Crippen LogP contribution in [0.2, 0.25) is 0 Å². The van der Waals surface area contributed by atoms with Crippen molar-refractivity contribution in [1.29, 1.82) is 0 Å². The summed E-state index contributed by atoms with van der Waals surface area (Å²) in [6, 6.07) is 7.57. The molecular weight excluding hydrogens is 414 g/mol. The van der Waals surface area contributed by atoms with E-state index in [1.54, 1.807) is 0 Å². The summed E-state index contributed by atoms with van der Waals surface area (Å²) < 4.78 is 32.2. The molecule has 0 aliphatic carbocycles. The van der Waals surface area contributed by atoms with Gasteiger partial charge in [-0.3, -0.25) is 9.59 Å². The Balaban J connectivity index is 1.70. The van der Waals surface area contributed by atoms with Crippen molar-refractivity contribution in [2.75, 3.05) is 19.7 Å². The number of hydrogen-bond acceptors (Lipinski definition) is 6. The summed E-state index contributed by atoms with van der Waals surface area (Å²) in [7, 11) is -3.69. The molecule has 29 heavy (non-hydrogen) atoms. The van der Waals surface area contributed by atoms with E-state index >= 15 is 0 Å². The van der Waals surface area contributed by atoms with Gasteiger partial charge < -0.3 is 15.8 Å². The molecule has 1 atom stereocenters. The van der Waals surface area contributed by atoms with Crippen molar-refractivity contribution >= 4 is 33.2 Å². The van der Waals surface area contributed by atoms with E-state index in [0.717, 1.165) is 17.7 Å². The molecule has 1 aliphatic rings. The third-order valence-corrected chi connectivity index (χ3v) is 7.58. The van der Waals surface area contributed by atoms with E-state index in [1.807, 2.05) is 24.4 Å². The number of carbonyl (C=O) groups is 2. The van der Waals surface area contributed by atoms with Crippen LogP contribution in [0.5, 0.6) is 5.75 Å². The van der Waals surface area contributed by atoms with Crippen LogP contribution in [0.1, 0.15) is 41.0 Å². The van der Waals surface area contributed by atoms with E-state index in [-0.39, 0.29) is 34.8 Å². The number of rotatable bonds is 8. The topological polar surface area (TPSA) is 119 Å². The molecule has 2 heterocycles. The highest BCUT2D eigenvalue weighted by Crippen LogP contribution is 2.26. The van der Waals surface area contributed by atoms with Crippen LogP contribution < -0.4 is 15.8 Å². The molecule has 3 N–H and O–H groups in total. The number of nitrogens with zero attached hydrogens (tertiary/aromatic N) is 1. The summed E-state index contributed by atoms with van der Waals surface area (Å²) in [5.74, 6) is -1.13. The molecule has 0 saturated carbocycles. The summed E-state index contributed by atoms with van der Waals surface area (Å²) in [5.41, 5.74) is 5.33. The minimum absolute atomic E-state index is 0.0173. The largest absolute Gasteiger partial charge is 0.483 e. The third-order valence-electron chi connectivity index (χ3n) is 4.63. The molecule has 156 valence electrons. The molecule has 1 aliphatic heterocycles. The Bertz CT molecular complexity index is 983. The zero-order chi connectivity index (χ0) is 21.0. The van der Waals surface area contributed by atoms with E-state index in [1.165, 1.54) is 33.8 Å². The molecule has 8 nitrogen and oxygen atoms in total. The molecule has 1 aromatic carbocycles. The number of ether oxygens (including phenoxy) is 1. The Morgan fingerprint density at radius 2 is 2.00 bits per heavy atom. The fraction of sp³-hybridized carbons (Fsp3) is 0.368. The number of nitrogens with one attached hydrogen (secondary N) is 1. The SMILES string of the molecule is CC(NC(=O)COc1ccc(S(=O)(=O)N2CCCC2)cc1C(N)=O)c1cccs1. The van der Waals surface area contributed by atoms with Crippen molar-refractivity contribution < 1.29 is 22.7 Å². The highest BCUT2D eigenvalue weighted by molar-refractivity contribution is 7.89. The fourth-order valence-electron chi connectivity index (χ4n) is 3.10. The predicted molar refractivity (Wildman–Crippen MR) is 109 cm³/mol. The highest BCUT2D eigenvalue weighted by atomic mass is 32.2. The number of carbonyl (C=O) groups excluding carboxylic acids is 2. The van der Waals surface area contributed by atoms with Crippen molar-refractivity contribution in [1.82, 2.24) is 9.62 Å². The van der Waals surface area contributed by atoms with Crippen LogP contribution in [0, 0.1) is 0 Å². The Kier molecular flexibility index (Phi) is 6.56. The van der Waals surface area contributed by atoms with Gasteiger partial charge in [-0.1, -0.05) is 6.07 Å². The molecule has 0 spiro atoms. The Labute approximate surface area is 173 Å². The zero-order valence-corrected chi connectivity index (χ0v) is 17.6. The summed E-state index contributed by atoms with van der Waals surface area (Å²) >= 11 is 1.53. The van der Waals surface area contributed by atoms with E-state index in [0.29, 0.717) is 13.1 Å². The van der Waals surface area contributed by atoms with Crippen LogP contribution in [0.25, 0.3) is 0 Å².